The van der Waals surface area contributed by atoms with Gasteiger partial charge in [0.05, 0.1) is 6.10 Å². The Kier molecular flexibility index (Phi) is 3.26. The minimum atomic E-state index is -0.875. The average molecular weight is 219 g/mol. The molecule has 16 heavy (non-hydrogen) atoms. The molecule has 0 saturated carbocycles. The van der Waals surface area contributed by atoms with E-state index >= 15 is 0 Å². The number of rotatable bonds is 3. The lowest BCUT2D eigenvalue weighted by Crippen LogP contribution is -2.29. The highest BCUT2D eigenvalue weighted by Gasteiger charge is 2.34. The lowest BCUT2D eigenvalue weighted by molar-refractivity contribution is -0.121. The van der Waals surface area contributed by atoms with Crippen LogP contribution in [0.5, 0.6) is 0 Å². The summed E-state index contributed by atoms with van der Waals surface area (Å²) in [4.78, 5) is 11.1. The van der Waals surface area contributed by atoms with Crippen LogP contribution in [-0.2, 0) is 9.45 Å². The van der Waals surface area contributed by atoms with Crippen LogP contribution in [0.15, 0.2) is 24.3 Å². The van der Waals surface area contributed by atoms with Gasteiger partial charge < -0.3 is 15.0 Å². The van der Waals surface area contributed by atoms with Crippen molar-refractivity contribution in [1.29, 1.82) is 0 Å². The minimum Gasteiger partial charge on any atom is -0.423 e. The van der Waals surface area contributed by atoms with Crippen molar-refractivity contribution in [3.8, 4) is 0 Å². The fourth-order valence-electron chi connectivity index (χ4n) is 1.82. The molecule has 1 aliphatic rings. The third-order valence-electron chi connectivity index (χ3n) is 2.71. The summed E-state index contributed by atoms with van der Waals surface area (Å²) in [5.74, 6) is -0.0116. The summed E-state index contributed by atoms with van der Waals surface area (Å²) in [5, 5.41) is 12.4. The molecule has 0 bridgehead atoms. The number of hydrogen-bond acceptors (Lipinski definition) is 3. The molecule has 84 valence electrons. The Labute approximate surface area is 94.8 Å². The molecule has 0 spiro atoms. The Balaban J connectivity index is 2.06. The molecule has 5 heteroatoms. The second-order valence-corrected chi connectivity index (χ2v) is 3.76. The zero-order valence-electron chi connectivity index (χ0n) is 9.14. The van der Waals surface area contributed by atoms with E-state index in [4.69, 9.17) is 4.65 Å². The van der Waals surface area contributed by atoms with Crippen molar-refractivity contribution in [1.82, 2.24) is 5.32 Å². The molecule has 1 aromatic carbocycles. The number of fused-ring (bicyclic) bond motifs is 1. The number of benzene rings is 1. The summed E-state index contributed by atoms with van der Waals surface area (Å²) in [6.45, 7) is 2.20. The summed E-state index contributed by atoms with van der Waals surface area (Å²) >= 11 is 0. The molecule has 2 rings (SSSR count). The molecular weight excluding hydrogens is 205 g/mol. The first-order valence-electron chi connectivity index (χ1n) is 5.41. The molecule has 1 heterocycles. The van der Waals surface area contributed by atoms with Crippen molar-refractivity contribution < 1.29 is 14.5 Å². The van der Waals surface area contributed by atoms with Gasteiger partial charge in [-0.3, -0.25) is 4.79 Å². The summed E-state index contributed by atoms with van der Waals surface area (Å²) in [6, 6.07) is 7.50. The van der Waals surface area contributed by atoms with E-state index in [2.05, 4.69) is 5.32 Å². The molecule has 4 nitrogen and oxygen atoms in total. The van der Waals surface area contributed by atoms with E-state index in [0.29, 0.717) is 13.0 Å². The fraction of sp³-hybridized carbons (Fsp3) is 0.364. The van der Waals surface area contributed by atoms with Gasteiger partial charge >= 0.3 is 7.12 Å². The third kappa shape index (κ3) is 2.10. The minimum absolute atomic E-state index is 0.0116. The predicted octanol–water partition coefficient (Wildman–Crippen LogP) is -0.0284. The zero-order chi connectivity index (χ0) is 11.5. The summed E-state index contributed by atoms with van der Waals surface area (Å²) in [7, 11) is -0.875. The Morgan fingerprint density at radius 2 is 2.31 bits per heavy atom. The maximum Gasteiger partial charge on any atom is 0.492 e. The van der Waals surface area contributed by atoms with Gasteiger partial charge in [-0.15, -0.1) is 0 Å². The van der Waals surface area contributed by atoms with Crippen LogP contribution in [0.25, 0.3) is 0 Å². The topological polar surface area (TPSA) is 58.6 Å². The van der Waals surface area contributed by atoms with Gasteiger partial charge in [0.1, 0.15) is 0 Å². The maximum atomic E-state index is 11.1. The lowest BCUT2D eigenvalue weighted by atomic mass is 9.79. The zero-order valence-corrected chi connectivity index (χ0v) is 9.14. The first-order valence-corrected chi connectivity index (χ1v) is 5.41. The molecule has 2 N–H and O–H groups in total. The predicted molar refractivity (Wildman–Crippen MR) is 61.2 cm³/mol. The normalized spacial score (nSPS) is 18.4. The third-order valence-corrected chi connectivity index (χ3v) is 2.71. The van der Waals surface area contributed by atoms with E-state index in [0.717, 1.165) is 11.0 Å². The average Bonchev–Trinajstić information content (AvgIpc) is 2.64. The van der Waals surface area contributed by atoms with Crippen molar-refractivity contribution in [2.45, 2.75) is 19.4 Å². The van der Waals surface area contributed by atoms with E-state index < -0.39 is 7.12 Å². The van der Waals surface area contributed by atoms with Crippen molar-refractivity contribution in [3.63, 3.8) is 0 Å². The number of amides is 1. The number of carbonyl (C=O) groups excluding carboxylic acids is 1. The van der Waals surface area contributed by atoms with Gasteiger partial charge in [0.15, 0.2) is 0 Å². The fourth-order valence-corrected chi connectivity index (χ4v) is 1.82. The largest absolute Gasteiger partial charge is 0.492 e. The first kappa shape index (κ1) is 11.2. The SMILES string of the molecule is CCC(=O)NCC1OB(O)c2ccccc21. The maximum absolute atomic E-state index is 11.1. The summed E-state index contributed by atoms with van der Waals surface area (Å²) in [5.41, 5.74) is 1.74. The highest BCUT2D eigenvalue weighted by Crippen LogP contribution is 2.22. The lowest BCUT2D eigenvalue weighted by Gasteiger charge is -2.12. The van der Waals surface area contributed by atoms with Gasteiger partial charge in [-0.25, -0.2) is 0 Å². The quantitative estimate of drug-likeness (QED) is 0.702. The van der Waals surface area contributed by atoms with Gasteiger partial charge in [-0.05, 0) is 11.0 Å². The van der Waals surface area contributed by atoms with Crippen molar-refractivity contribution in [2.24, 2.45) is 0 Å². The van der Waals surface area contributed by atoms with E-state index in [9.17, 15) is 9.82 Å². The summed E-state index contributed by atoms with van der Waals surface area (Å²) in [6.07, 6.45) is 0.207. The van der Waals surface area contributed by atoms with Crippen LogP contribution in [0.3, 0.4) is 0 Å². The van der Waals surface area contributed by atoms with Gasteiger partial charge in [0, 0.05) is 13.0 Å². The van der Waals surface area contributed by atoms with Gasteiger partial charge in [0.2, 0.25) is 5.91 Å². The molecule has 1 aliphatic heterocycles. The highest BCUT2D eigenvalue weighted by molar-refractivity contribution is 6.61. The van der Waals surface area contributed by atoms with Crippen LogP contribution < -0.4 is 10.8 Å². The van der Waals surface area contributed by atoms with E-state index in [1.807, 2.05) is 24.3 Å². The Bertz CT molecular complexity index is 397. The van der Waals surface area contributed by atoms with Crippen LogP contribution in [-0.4, -0.2) is 24.6 Å². The molecule has 1 atom stereocenters. The smallest absolute Gasteiger partial charge is 0.423 e. The molecular formula is C11H14BNO3. The van der Waals surface area contributed by atoms with E-state index in [-0.39, 0.29) is 12.0 Å². The Morgan fingerprint density at radius 1 is 1.56 bits per heavy atom. The monoisotopic (exact) mass is 219 g/mol. The van der Waals surface area contributed by atoms with Crippen LogP contribution in [0, 0.1) is 0 Å². The second-order valence-electron chi connectivity index (χ2n) is 3.76. The molecule has 1 aromatic rings. The van der Waals surface area contributed by atoms with Crippen LogP contribution >= 0.6 is 0 Å². The molecule has 1 unspecified atom stereocenters. The summed E-state index contributed by atoms with van der Waals surface area (Å²) < 4.78 is 5.37. The first-order chi connectivity index (χ1) is 7.72. The van der Waals surface area contributed by atoms with Gasteiger partial charge in [-0.1, -0.05) is 31.2 Å². The number of nitrogens with one attached hydrogen (secondary N) is 1. The van der Waals surface area contributed by atoms with Crippen molar-refractivity contribution in [2.75, 3.05) is 6.54 Å². The highest BCUT2D eigenvalue weighted by atomic mass is 16.5. The Morgan fingerprint density at radius 3 is 3.06 bits per heavy atom. The standard InChI is InChI=1S/C11H14BNO3/c1-2-11(14)13-7-10-8-5-3-4-6-9(8)12(15)16-10/h3-6,10,15H,2,7H2,1H3,(H,13,14). The molecule has 0 fully saturated rings. The molecule has 1 amide bonds. The number of hydrogen-bond donors (Lipinski definition) is 2. The van der Waals surface area contributed by atoms with Crippen LogP contribution in [0.4, 0.5) is 0 Å². The second kappa shape index (κ2) is 4.68. The van der Waals surface area contributed by atoms with Gasteiger partial charge in [0.25, 0.3) is 0 Å². The van der Waals surface area contributed by atoms with Crippen LogP contribution in [0.1, 0.15) is 25.0 Å². The molecule has 0 saturated heterocycles. The van der Waals surface area contributed by atoms with Crippen molar-refractivity contribution in [3.05, 3.63) is 29.8 Å². The van der Waals surface area contributed by atoms with Gasteiger partial charge in [-0.2, -0.15) is 0 Å². The number of carbonyl (C=O) groups is 1. The molecule has 0 aromatic heterocycles. The van der Waals surface area contributed by atoms with E-state index in [1.54, 1.807) is 6.92 Å². The Hall–Kier alpha value is -1.33. The van der Waals surface area contributed by atoms with Crippen molar-refractivity contribution >= 4 is 18.5 Å². The molecule has 0 aliphatic carbocycles. The van der Waals surface area contributed by atoms with Crippen LogP contribution in [0.2, 0.25) is 0 Å². The molecule has 0 radical (unpaired) electrons. The van der Waals surface area contributed by atoms with E-state index in [1.165, 1.54) is 0 Å².